The van der Waals surface area contributed by atoms with Crippen LogP contribution >= 0.6 is 0 Å². The van der Waals surface area contributed by atoms with E-state index >= 15 is 0 Å². The van der Waals surface area contributed by atoms with Crippen molar-refractivity contribution < 1.29 is 19.8 Å². The van der Waals surface area contributed by atoms with E-state index in [9.17, 15) is 14.7 Å². The molecule has 4 atom stereocenters. The summed E-state index contributed by atoms with van der Waals surface area (Å²) >= 11 is 0. The van der Waals surface area contributed by atoms with Gasteiger partial charge < -0.3 is 10.2 Å². The first-order valence-corrected chi connectivity index (χ1v) is 9.27. The van der Waals surface area contributed by atoms with Gasteiger partial charge in [0.15, 0.2) is 0 Å². The Morgan fingerprint density at radius 2 is 2.04 bits per heavy atom. The zero-order valence-corrected chi connectivity index (χ0v) is 15.3. The highest BCUT2D eigenvalue weighted by atomic mass is 16.3. The molecule has 2 fully saturated rings. The van der Waals surface area contributed by atoms with Crippen molar-refractivity contribution in [2.75, 3.05) is 13.2 Å². The van der Waals surface area contributed by atoms with Crippen LogP contribution < -0.4 is 0 Å². The Kier molecular flexibility index (Phi) is 6.03. The second-order valence-corrected chi connectivity index (χ2v) is 8.04. The summed E-state index contributed by atoms with van der Waals surface area (Å²) in [7, 11) is 0. The zero-order valence-electron chi connectivity index (χ0n) is 15.3. The predicted octanol–water partition coefficient (Wildman–Crippen LogP) is 3.06. The molecule has 0 aliphatic heterocycles. The third-order valence-electron chi connectivity index (χ3n) is 7.08. The van der Waals surface area contributed by atoms with Crippen molar-refractivity contribution in [3.63, 3.8) is 0 Å². The number of Topliss-reactive ketones (excluding diaryl/α,β-unsaturated/α-hetero) is 2. The minimum atomic E-state index is -0.778. The average molecular weight is 336 g/mol. The molecular weight excluding hydrogens is 304 g/mol. The summed E-state index contributed by atoms with van der Waals surface area (Å²) in [6.45, 7) is 5.94. The molecule has 2 rings (SSSR count). The summed E-state index contributed by atoms with van der Waals surface area (Å²) < 4.78 is 0. The quantitative estimate of drug-likeness (QED) is 0.577. The fourth-order valence-corrected chi connectivity index (χ4v) is 5.30. The highest BCUT2D eigenvalue weighted by Gasteiger charge is 2.60. The molecule has 0 radical (unpaired) electrons. The molecule has 2 aliphatic carbocycles. The summed E-state index contributed by atoms with van der Waals surface area (Å²) in [5, 5.41) is 18.5. The van der Waals surface area contributed by atoms with Crippen LogP contribution in [0.25, 0.3) is 0 Å². The number of aliphatic hydroxyl groups excluding tert-OH is 2. The topological polar surface area (TPSA) is 74.6 Å². The number of carbonyl (C=O) groups excluding carboxylic acids is 2. The molecular formula is C20H32O4. The highest BCUT2D eigenvalue weighted by molar-refractivity contribution is 6.07. The molecule has 136 valence electrons. The standard InChI is InChI=1S/C20H32O4/c1-14-7-11-20(15(2)23)17(5-4-6-18(20)24)19(14,3)10-8-16(13-22)9-12-21/h9,14,17,21-22H,4-8,10-13H2,1-3H3/b16-9-/t14-,17-,19+,20+/m1/s1. The van der Waals surface area contributed by atoms with E-state index in [1.54, 1.807) is 13.0 Å². The van der Waals surface area contributed by atoms with Gasteiger partial charge >= 0.3 is 0 Å². The molecule has 0 aromatic carbocycles. The Hall–Kier alpha value is -1.00. The van der Waals surface area contributed by atoms with E-state index < -0.39 is 5.41 Å². The maximum atomic E-state index is 12.8. The molecule has 0 amide bonds. The highest BCUT2D eigenvalue weighted by Crippen LogP contribution is 2.60. The Bertz CT molecular complexity index is 524. The van der Waals surface area contributed by atoms with Crippen molar-refractivity contribution in [1.82, 2.24) is 0 Å². The Balaban J connectivity index is 2.33. The van der Waals surface area contributed by atoms with Crippen molar-refractivity contribution in [2.45, 2.75) is 65.7 Å². The van der Waals surface area contributed by atoms with Crippen LogP contribution in [0.3, 0.4) is 0 Å². The van der Waals surface area contributed by atoms with Gasteiger partial charge in [-0.1, -0.05) is 19.9 Å². The average Bonchev–Trinajstić information content (AvgIpc) is 2.55. The molecule has 0 bridgehead atoms. The monoisotopic (exact) mass is 336 g/mol. The predicted molar refractivity (Wildman–Crippen MR) is 93.5 cm³/mol. The minimum absolute atomic E-state index is 0.0450. The van der Waals surface area contributed by atoms with Gasteiger partial charge in [-0.25, -0.2) is 0 Å². The summed E-state index contributed by atoms with van der Waals surface area (Å²) in [5.41, 5.74) is -0.0319. The fraction of sp³-hybridized carbons (Fsp3) is 0.800. The first kappa shape index (κ1) is 19.3. The molecule has 4 heteroatoms. The smallest absolute Gasteiger partial charge is 0.146 e. The van der Waals surface area contributed by atoms with E-state index in [0.717, 1.165) is 31.3 Å². The molecule has 2 saturated carbocycles. The number of aliphatic hydroxyl groups is 2. The zero-order chi connectivity index (χ0) is 18.0. The number of rotatable bonds is 6. The van der Waals surface area contributed by atoms with Gasteiger partial charge in [-0.2, -0.15) is 0 Å². The van der Waals surface area contributed by atoms with Crippen LogP contribution in [0.15, 0.2) is 11.6 Å². The molecule has 0 heterocycles. The van der Waals surface area contributed by atoms with Gasteiger partial charge in [-0.15, -0.1) is 0 Å². The van der Waals surface area contributed by atoms with Gasteiger partial charge in [-0.3, -0.25) is 9.59 Å². The molecule has 4 nitrogen and oxygen atoms in total. The lowest BCUT2D eigenvalue weighted by Gasteiger charge is -2.57. The molecule has 0 aromatic rings. The van der Waals surface area contributed by atoms with Crippen molar-refractivity contribution >= 4 is 11.6 Å². The van der Waals surface area contributed by atoms with Gasteiger partial charge in [-0.05, 0) is 68.3 Å². The Morgan fingerprint density at radius 3 is 2.62 bits per heavy atom. The molecule has 24 heavy (non-hydrogen) atoms. The molecule has 2 N–H and O–H groups in total. The van der Waals surface area contributed by atoms with Crippen molar-refractivity contribution in [3.05, 3.63) is 11.6 Å². The molecule has 0 unspecified atom stereocenters. The lowest BCUT2D eigenvalue weighted by atomic mass is 9.45. The summed E-state index contributed by atoms with van der Waals surface area (Å²) in [4.78, 5) is 25.3. The first-order valence-electron chi connectivity index (χ1n) is 9.27. The van der Waals surface area contributed by atoms with E-state index in [-0.39, 0.29) is 36.1 Å². The fourth-order valence-electron chi connectivity index (χ4n) is 5.30. The van der Waals surface area contributed by atoms with Crippen LogP contribution in [0.2, 0.25) is 0 Å². The van der Waals surface area contributed by atoms with Crippen molar-refractivity contribution in [1.29, 1.82) is 0 Å². The van der Waals surface area contributed by atoms with Crippen LogP contribution in [0.4, 0.5) is 0 Å². The SMILES string of the molecule is CC(=O)[C@@]12CC[C@@H](C)[C@](C)(CC/C(=C/CO)CO)[C@H]1CCCC2=O. The third kappa shape index (κ3) is 3.11. The number of ketones is 2. The summed E-state index contributed by atoms with van der Waals surface area (Å²) in [6, 6.07) is 0. The maximum absolute atomic E-state index is 12.8. The lowest BCUT2D eigenvalue weighted by Crippen LogP contribution is -2.57. The second kappa shape index (κ2) is 7.49. The van der Waals surface area contributed by atoms with Crippen molar-refractivity contribution in [2.24, 2.45) is 22.7 Å². The number of hydrogen-bond donors (Lipinski definition) is 2. The van der Waals surface area contributed by atoms with Gasteiger partial charge in [0, 0.05) is 6.42 Å². The Morgan fingerprint density at radius 1 is 1.33 bits per heavy atom. The second-order valence-electron chi connectivity index (χ2n) is 8.04. The number of fused-ring (bicyclic) bond motifs is 1. The van der Waals surface area contributed by atoms with Gasteiger partial charge in [0.25, 0.3) is 0 Å². The summed E-state index contributed by atoms with van der Waals surface area (Å²) in [5.74, 6) is 0.734. The molecule has 0 saturated heterocycles. The van der Waals surface area contributed by atoms with Gasteiger partial charge in [0.1, 0.15) is 11.6 Å². The van der Waals surface area contributed by atoms with Crippen LogP contribution in [-0.2, 0) is 9.59 Å². The van der Waals surface area contributed by atoms with Crippen LogP contribution in [-0.4, -0.2) is 35.0 Å². The van der Waals surface area contributed by atoms with E-state index in [2.05, 4.69) is 13.8 Å². The van der Waals surface area contributed by atoms with Crippen molar-refractivity contribution in [3.8, 4) is 0 Å². The normalized spacial score (nSPS) is 37.2. The number of carbonyl (C=O) groups is 2. The van der Waals surface area contributed by atoms with E-state index in [4.69, 9.17) is 5.11 Å². The van der Waals surface area contributed by atoms with E-state index in [1.807, 2.05) is 0 Å². The lowest BCUT2D eigenvalue weighted by molar-refractivity contribution is -0.162. The van der Waals surface area contributed by atoms with Crippen LogP contribution in [0.5, 0.6) is 0 Å². The molecule has 0 spiro atoms. The van der Waals surface area contributed by atoms with Crippen LogP contribution in [0.1, 0.15) is 65.7 Å². The first-order chi connectivity index (χ1) is 11.3. The third-order valence-corrected chi connectivity index (χ3v) is 7.08. The van der Waals surface area contributed by atoms with E-state index in [1.165, 1.54) is 0 Å². The largest absolute Gasteiger partial charge is 0.392 e. The van der Waals surface area contributed by atoms with Gasteiger partial charge in [0.2, 0.25) is 0 Å². The minimum Gasteiger partial charge on any atom is -0.392 e. The Labute approximate surface area is 145 Å². The van der Waals surface area contributed by atoms with E-state index in [0.29, 0.717) is 25.2 Å². The number of hydrogen-bond acceptors (Lipinski definition) is 4. The van der Waals surface area contributed by atoms with Crippen LogP contribution in [0, 0.1) is 22.7 Å². The molecule has 0 aromatic heterocycles. The summed E-state index contributed by atoms with van der Waals surface area (Å²) in [6.07, 6.45) is 7.15. The molecule has 2 aliphatic rings. The van der Waals surface area contributed by atoms with Gasteiger partial charge in [0.05, 0.1) is 18.6 Å². The maximum Gasteiger partial charge on any atom is 0.146 e.